The number of aromatic nitrogens is 3. The lowest BCUT2D eigenvalue weighted by Crippen LogP contribution is -2.39. The Morgan fingerprint density at radius 2 is 2.17 bits per heavy atom. The molecule has 3 rings (SSSR count). The Morgan fingerprint density at radius 1 is 1.38 bits per heavy atom. The van der Waals surface area contributed by atoms with Gasteiger partial charge in [0, 0.05) is 20.1 Å². The lowest BCUT2D eigenvalue weighted by molar-refractivity contribution is -0.0422. The van der Waals surface area contributed by atoms with Gasteiger partial charge in [0.05, 0.1) is 19.4 Å². The smallest absolute Gasteiger partial charge is 0.198 e. The number of nitrogens with zero attached hydrogens (tertiary/aromatic N) is 4. The molecular formula is C17H24N4O2S. The molecule has 1 fully saturated rings. The van der Waals surface area contributed by atoms with Crippen LogP contribution in [0.1, 0.15) is 28.6 Å². The first-order valence-electron chi connectivity index (χ1n) is 8.14. The van der Waals surface area contributed by atoms with Crippen molar-refractivity contribution < 1.29 is 9.84 Å². The van der Waals surface area contributed by atoms with Gasteiger partial charge < -0.3 is 14.4 Å². The Hall–Kier alpha value is -1.54. The van der Waals surface area contributed by atoms with E-state index in [1.54, 1.807) is 9.25 Å². The molecule has 0 saturated carbocycles. The van der Waals surface area contributed by atoms with Crippen LogP contribution in [-0.2, 0) is 25.1 Å². The molecule has 0 amide bonds. The van der Waals surface area contributed by atoms with Gasteiger partial charge in [-0.25, -0.2) is 4.68 Å². The minimum atomic E-state index is -0.110. The zero-order valence-electron chi connectivity index (χ0n) is 14.4. The van der Waals surface area contributed by atoms with Crippen molar-refractivity contribution >= 4 is 12.2 Å². The van der Waals surface area contributed by atoms with Crippen molar-refractivity contribution in [1.82, 2.24) is 19.2 Å². The van der Waals surface area contributed by atoms with Crippen LogP contribution < -0.4 is 0 Å². The van der Waals surface area contributed by atoms with Gasteiger partial charge in [-0.1, -0.05) is 23.8 Å². The summed E-state index contributed by atoms with van der Waals surface area (Å²) in [5, 5.41) is 13.7. The largest absolute Gasteiger partial charge is 0.388 e. The van der Waals surface area contributed by atoms with Gasteiger partial charge in [0.15, 0.2) is 10.6 Å². The molecule has 1 N–H and O–H groups in total. The lowest BCUT2D eigenvalue weighted by atomic mass is 10.00. The highest BCUT2D eigenvalue weighted by atomic mass is 32.1. The predicted molar refractivity (Wildman–Crippen MR) is 94.1 cm³/mol. The predicted octanol–water partition coefficient (Wildman–Crippen LogP) is 2.09. The number of rotatable bonds is 4. The Labute approximate surface area is 147 Å². The van der Waals surface area contributed by atoms with Crippen molar-refractivity contribution in [3.63, 3.8) is 0 Å². The number of benzene rings is 1. The highest BCUT2D eigenvalue weighted by Crippen LogP contribution is 2.26. The van der Waals surface area contributed by atoms with Gasteiger partial charge in [-0.05, 0) is 37.2 Å². The molecule has 0 bridgehead atoms. The van der Waals surface area contributed by atoms with Gasteiger partial charge in [0.2, 0.25) is 0 Å². The van der Waals surface area contributed by atoms with Crippen molar-refractivity contribution in [2.75, 3.05) is 19.7 Å². The Morgan fingerprint density at radius 3 is 2.83 bits per heavy atom. The maximum atomic E-state index is 9.33. The molecule has 1 aliphatic rings. The first-order valence-corrected chi connectivity index (χ1v) is 8.55. The Bertz CT molecular complexity index is 783. The second-order valence-electron chi connectivity index (χ2n) is 6.35. The first-order chi connectivity index (χ1) is 11.5. The molecule has 2 aromatic rings. The summed E-state index contributed by atoms with van der Waals surface area (Å²) in [7, 11) is 1.83. The van der Waals surface area contributed by atoms with Crippen molar-refractivity contribution in [1.29, 1.82) is 0 Å². The van der Waals surface area contributed by atoms with Crippen molar-refractivity contribution in [2.45, 2.75) is 33.2 Å². The fraction of sp³-hybridized carbons (Fsp3) is 0.529. The van der Waals surface area contributed by atoms with Crippen molar-refractivity contribution in [3.8, 4) is 0 Å². The van der Waals surface area contributed by atoms with E-state index in [0.29, 0.717) is 23.9 Å². The molecular weight excluding hydrogens is 324 g/mol. The molecule has 1 aliphatic heterocycles. The van der Waals surface area contributed by atoms with Crippen LogP contribution in [0.2, 0.25) is 0 Å². The Kier molecular flexibility index (Phi) is 5.15. The lowest BCUT2D eigenvalue weighted by Gasteiger charge is -2.33. The van der Waals surface area contributed by atoms with Crippen molar-refractivity contribution in [3.05, 3.63) is 45.5 Å². The number of hydrogen-bond acceptors (Lipinski definition) is 5. The second-order valence-corrected chi connectivity index (χ2v) is 6.72. The summed E-state index contributed by atoms with van der Waals surface area (Å²) in [4.78, 5) is 2.29. The van der Waals surface area contributed by atoms with Crippen LogP contribution in [0.15, 0.2) is 18.2 Å². The number of morpholine rings is 1. The van der Waals surface area contributed by atoms with Crippen LogP contribution in [0.4, 0.5) is 0 Å². The number of aryl methyl sites for hydroxylation is 2. The average Bonchev–Trinajstić information content (AvgIpc) is 2.83. The molecule has 1 atom stereocenters. The minimum Gasteiger partial charge on any atom is -0.388 e. The van der Waals surface area contributed by atoms with Crippen LogP contribution in [0.5, 0.6) is 0 Å². The van der Waals surface area contributed by atoms with E-state index in [9.17, 15) is 5.11 Å². The Balaban J connectivity index is 1.75. The van der Waals surface area contributed by atoms with Crippen LogP contribution in [0, 0.1) is 18.6 Å². The summed E-state index contributed by atoms with van der Waals surface area (Å²) < 4.78 is 10.1. The van der Waals surface area contributed by atoms with E-state index in [2.05, 4.69) is 42.0 Å². The maximum Gasteiger partial charge on any atom is 0.198 e. The zero-order valence-corrected chi connectivity index (χ0v) is 15.2. The van der Waals surface area contributed by atoms with Crippen LogP contribution in [0.25, 0.3) is 0 Å². The molecule has 0 radical (unpaired) electrons. The summed E-state index contributed by atoms with van der Waals surface area (Å²) in [5.74, 6) is 0.583. The highest BCUT2D eigenvalue weighted by Gasteiger charge is 2.24. The van der Waals surface area contributed by atoms with Gasteiger partial charge in [0.25, 0.3) is 0 Å². The quantitative estimate of drug-likeness (QED) is 0.858. The third-order valence-electron chi connectivity index (χ3n) is 4.53. The highest BCUT2D eigenvalue weighted by molar-refractivity contribution is 7.71. The van der Waals surface area contributed by atoms with E-state index >= 15 is 0 Å². The molecule has 0 spiro atoms. The van der Waals surface area contributed by atoms with E-state index in [0.717, 1.165) is 13.1 Å². The minimum absolute atomic E-state index is 0.0644. The van der Waals surface area contributed by atoms with E-state index in [1.165, 1.54) is 16.7 Å². The summed E-state index contributed by atoms with van der Waals surface area (Å²) >= 11 is 5.40. The molecule has 6 nitrogen and oxygen atoms in total. The van der Waals surface area contributed by atoms with Gasteiger partial charge in [0.1, 0.15) is 6.61 Å². The van der Waals surface area contributed by atoms with Gasteiger partial charge in [-0.3, -0.25) is 4.90 Å². The molecule has 1 unspecified atom stereocenters. The normalized spacial score (nSPS) is 18.9. The van der Waals surface area contributed by atoms with E-state index < -0.39 is 0 Å². The molecule has 7 heteroatoms. The zero-order chi connectivity index (χ0) is 17.3. The fourth-order valence-corrected chi connectivity index (χ4v) is 3.36. The number of ether oxygens (including phenoxy) is 1. The van der Waals surface area contributed by atoms with E-state index in [-0.39, 0.29) is 12.7 Å². The third kappa shape index (κ3) is 3.44. The summed E-state index contributed by atoms with van der Waals surface area (Å²) in [5.41, 5.74) is 3.77. The van der Waals surface area contributed by atoms with Crippen LogP contribution >= 0.6 is 12.2 Å². The van der Waals surface area contributed by atoms with Crippen LogP contribution in [0.3, 0.4) is 0 Å². The summed E-state index contributed by atoms with van der Waals surface area (Å²) in [6.07, 6.45) is 0.0644. The molecule has 1 saturated heterocycles. The van der Waals surface area contributed by atoms with Gasteiger partial charge in [-0.15, -0.1) is 0 Å². The fourth-order valence-electron chi connectivity index (χ4n) is 3.16. The number of hydrogen-bond donors (Lipinski definition) is 1. The number of aliphatic hydroxyl groups is 1. The van der Waals surface area contributed by atoms with E-state index in [1.807, 2.05) is 7.05 Å². The molecule has 1 aromatic heterocycles. The standard InChI is InChI=1S/C17H24N4O2S/c1-12-4-5-14(13(2)8-12)15-9-20(6-7-23-15)11-21-17(24)19(3)16(10-22)18-21/h4-5,8,15,22H,6-7,9-11H2,1-3H3. The topological polar surface area (TPSA) is 55.5 Å². The molecule has 1 aromatic carbocycles. The van der Waals surface area contributed by atoms with Gasteiger partial charge in [-0.2, -0.15) is 5.10 Å². The number of aliphatic hydroxyl groups excluding tert-OH is 1. The second kappa shape index (κ2) is 7.14. The molecule has 130 valence electrons. The van der Waals surface area contributed by atoms with Crippen LogP contribution in [-0.4, -0.2) is 44.1 Å². The van der Waals surface area contributed by atoms with E-state index in [4.69, 9.17) is 17.0 Å². The molecule has 0 aliphatic carbocycles. The first kappa shape index (κ1) is 17.3. The van der Waals surface area contributed by atoms with Crippen molar-refractivity contribution in [2.24, 2.45) is 7.05 Å². The average molecular weight is 348 g/mol. The van der Waals surface area contributed by atoms with Gasteiger partial charge >= 0.3 is 0 Å². The molecule has 24 heavy (non-hydrogen) atoms. The maximum absolute atomic E-state index is 9.33. The SMILES string of the molecule is Cc1ccc(C2CN(Cn3nc(CO)n(C)c3=S)CCO2)c(C)c1. The third-order valence-corrected chi connectivity index (χ3v) is 5.01. The monoisotopic (exact) mass is 348 g/mol. The summed E-state index contributed by atoms with van der Waals surface area (Å²) in [6, 6.07) is 6.49. The molecule has 2 heterocycles. The summed E-state index contributed by atoms with van der Waals surface area (Å²) in [6.45, 7) is 7.06.